The molecule has 4 nitrogen and oxygen atoms in total. The van der Waals surface area contributed by atoms with E-state index in [1.807, 2.05) is 24.3 Å². The van der Waals surface area contributed by atoms with E-state index in [2.05, 4.69) is 0 Å². The fraction of sp³-hybridized carbons (Fsp3) is 0.0588. The smallest absolute Gasteiger partial charge is 0.455 e. The number of benzene rings is 2. The third-order valence-corrected chi connectivity index (χ3v) is 5.06. The van der Waals surface area contributed by atoms with E-state index in [9.17, 15) is 27.9 Å². The molecular formula is C17H7F3O4S. The van der Waals surface area contributed by atoms with Crippen LogP contribution in [0.1, 0.15) is 10.4 Å². The molecular weight excluding hydrogens is 357 g/mol. The number of thiophene rings is 1. The standard InChI is InChI=1S/C17H7F3O4S/c18-17(19,20)15(22)11-12(21)9-6-5-8-7-3-1-2-4-10(7)25-14(8)13(9)24-16(11)23/h1-6,21H. The molecule has 25 heavy (non-hydrogen) atoms. The quantitative estimate of drug-likeness (QED) is 0.396. The molecule has 2 aromatic heterocycles. The van der Waals surface area contributed by atoms with Gasteiger partial charge in [-0.25, -0.2) is 4.79 Å². The molecule has 1 N–H and O–H groups in total. The third-order valence-electron chi connectivity index (χ3n) is 3.88. The summed E-state index contributed by atoms with van der Waals surface area (Å²) in [5.41, 5.74) is -2.96. The van der Waals surface area contributed by atoms with Gasteiger partial charge >= 0.3 is 11.8 Å². The number of halogens is 3. The molecule has 0 saturated carbocycles. The lowest BCUT2D eigenvalue weighted by atomic mass is 10.1. The maximum absolute atomic E-state index is 12.6. The Morgan fingerprint density at radius 2 is 1.72 bits per heavy atom. The van der Waals surface area contributed by atoms with Gasteiger partial charge in [0.05, 0.1) is 10.1 Å². The van der Waals surface area contributed by atoms with Crippen molar-refractivity contribution in [1.29, 1.82) is 0 Å². The maximum Gasteiger partial charge on any atom is 0.455 e. The zero-order valence-corrected chi connectivity index (χ0v) is 13.0. The molecule has 2 heterocycles. The second-order valence-electron chi connectivity index (χ2n) is 5.36. The van der Waals surface area contributed by atoms with Crippen molar-refractivity contribution in [3.05, 3.63) is 52.4 Å². The van der Waals surface area contributed by atoms with Crippen molar-refractivity contribution in [2.24, 2.45) is 0 Å². The highest BCUT2D eigenvalue weighted by Crippen LogP contribution is 2.40. The van der Waals surface area contributed by atoms with E-state index in [1.54, 1.807) is 6.07 Å². The Hall–Kier alpha value is -2.87. The lowest BCUT2D eigenvalue weighted by Gasteiger charge is -2.08. The molecule has 126 valence electrons. The predicted molar refractivity (Wildman–Crippen MR) is 87.4 cm³/mol. The number of aromatic hydroxyl groups is 1. The van der Waals surface area contributed by atoms with Gasteiger partial charge in [0.15, 0.2) is 11.1 Å². The first-order valence-corrected chi connectivity index (χ1v) is 7.82. The minimum Gasteiger partial charge on any atom is -0.506 e. The van der Waals surface area contributed by atoms with Crippen molar-refractivity contribution in [3.8, 4) is 5.75 Å². The topological polar surface area (TPSA) is 67.5 Å². The molecule has 0 aliphatic heterocycles. The van der Waals surface area contributed by atoms with E-state index in [1.165, 1.54) is 17.4 Å². The van der Waals surface area contributed by atoms with E-state index >= 15 is 0 Å². The van der Waals surface area contributed by atoms with Crippen LogP contribution in [-0.4, -0.2) is 17.1 Å². The first-order valence-electron chi connectivity index (χ1n) is 7.00. The first-order chi connectivity index (χ1) is 11.8. The summed E-state index contributed by atoms with van der Waals surface area (Å²) in [6.45, 7) is 0. The van der Waals surface area contributed by atoms with Gasteiger partial charge in [-0.2, -0.15) is 13.2 Å². The number of hydrogen-bond acceptors (Lipinski definition) is 5. The number of fused-ring (bicyclic) bond motifs is 5. The van der Waals surface area contributed by atoms with Crippen LogP contribution in [0.5, 0.6) is 5.75 Å². The van der Waals surface area contributed by atoms with Gasteiger partial charge in [0, 0.05) is 15.5 Å². The maximum atomic E-state index is 12.6. The van der Waals surface area contributed by atoms with Crippen LogP contribution in [0.2, 0.25) is 0 Å². The predicted octanol–water partition coefficient (Wildman–Crippen LogP) is 4.61. The molecule has 0 aliphatic rings. The van der Waals surface area contributed by atoms with Crippen molar-refractivity contribution in [1.82, 2.24) is 0 Å². The van der Waals surface area contributed by atoms with Crippen LogP contribution < -0.4 is 5.63 Å². The van der Waals surface area contributed by atoms with Crippen LogP contribution in [-0.2, 0) is 0 Å². The minimum absolute atomic E-state index is 0.0417. The highest BCUT2D eigenvalue weighted by Gasteiger charge is 2.43. The lowest BCUT2D eigenvalue weighted by Crippen LogP contribution is -2.28. The molecule has 0 saturated heterocycles. The number of carbonyl (C=O) groups is 1. The van der Waals surface area contributed by atoms with E-state index in [0.717, 1.165) is 15.5 Å². The summed E-state index contributed by atoms with van der Waals surface area (Å²) in [7, 11) is 0. The van der Waals surface area contributed by atoms with Gasteiger partial charge in [-0.1, -0.05) is 24.3 Å². The number of rotatable bonds is 1. The van der Waals surface area contributed by atoms with Gasteiger partial charge in [0.1, 0.15) is 5.75 Å². The fourth-order valence-electron chi connectivity index (χ4n) is 2.77. The molecule has 0 amide bonds. The van der Waals surface area contributed by atoms with Gasteiger partial charge in [-0.05, 0) is 12.1 Å². The molecule has 0 radical (unpaired) electrons. The number of Topliss-reactive ketones (excluding diaryl/α,β-unsaturated/α-hetero) is 1. The Labute approximate surface area is 140 Å². The number of carbonyl (C=O) groups excluding carboxylic acids is 1. The van der Waals surface area contributed by atoms with Crippen molar-refractivity contribution in [2.45, 2.75) is 6.18 Å². The summed E-state index contributed by atoms with van der Waals surface area (Å²) in [6.07, 6.45) is -5.29. The minimum atomic E-state index is -5.29. The average Bonchev–Trinajstić information content (AvgIpc) is 2.93. The molecule has 0 fully saturated rings. The van der Waals surface area contributed by atoms with Gasteiger partial charge in [-0.15, -0.1) is 11.3 Å². The monoisotopic (exact) mass is 364 g/mol. The van der Waals surface area contributed by atoms with E-state index in [0.29, 0.717) is 4.70 Å². The average molecular weight is 364 g/mol. The number of hydrogen-bond donors (Lipinski definition) is 1. The molecule has 0 aliphatic carbocycles. The molecule has 4 rings (SSSR count). The summed E-state index contributed by atoms with van der Waals surface area (Å²) < 4.78 is 44.4. The Bertz CT molecular complexity index is 1230. The van der Waals surface area contributed by atoms with Crippen LogP contribution in [0.25, 0.3) is 31.1 Å². The number of ketones is 1. The Balaban J connectivity index is 2.13. The van der Waals surface area contributed by atoms with Crippen molar-refractivity contribution >= 4 is 48.3 Å². The van der Waals surface area contributed by atoms with Crippen LogP contribution >= 0.6 is 11.3 Å². The highest BCUT2D eigenvalue weighted by molar-refractivity contribution is 7.26. The lowest BCUT2D eigenvalue weighted by molar-refractivity contribution is -0.0888. The van der Waals surface area contributed by atoms with Crippen molar-refractivity contribution < 1.29 is 27.5 Å². The van der Waals surface area contributed by atoms with Crippen LogP contribution in [0.15, 0.2) is 45.6 Å². The Morgan fingerprint density at radius 3 is 2.44 bits per heavy atom. The third kappa shape index (κ3) is 2.21. The van der Waals surface area contributed by atoms with Gasteiger partial charge in [-0.3, -0.25) is 4.79 Å². The Morgan fingerprint density at radius 1 is 1.04 bits per heavy atom. The Kier molecular flexibility index (Phi) is 3.17. The van der Waals surface area contributed by atoms with Crippen molar-refractivity contribution in [3.63, 3.8) is 0 Å². The molecule has 0 bridgehead atoms. The van der Waals surface area contributed by atoms with Gasteiger partial charge < -0.3 is 9.52 Å². The normalized spacial score (nSPS) is 12.3. The second kappa shape index (κ2) is 5.06. The first kappa shape index (κ1) is 15.6. The van der Waals surface area contributed by atoms with Gasteiger partial charge in [0.2, 0.25) is 0 Å². The van der Waals surface area contributed by atoms with Crippen LogP contribution in [0.4, 0.5) is 13.2 Å². The zero-order chi connectivity index (χ0) is 17.9. The molecule has 0 atom stereocenters. The van der Waals surface area contributed by atoms with E-state index < -0.39 is 28.9 Å². The van der Waals surface area contributed by atoms with Crippen LogP contribution in [0.3, 0.4) is 0 Å². The largest absolute Gasteiger partial charge is 0.506 e. The summed E-state index contributed by atoms with van der Waals surface area (Å²) in [5, 5.41) is 11.6. The molecule has 2 aromatic carbocycles. The van der Waals surface area contributed by atoms with Crippen molar-refractivity contribution in [2.75, 3.05) is 0 Å². The molecule has 0 spiro atoms. The fourth-order valence-corrected chi connectivity index (χ4v) is 3.96. The SMILES string of the molecule is O=C(c1c(O)c2ccc3c4ccccc4sc3c2oc1=O)C(F)(F)F. The summed E-state index contributed by atoms with van der Waals surface area (Å²) >= 11 is 1.28. The molecule has 8 heteroatoms. The number of alkyl halides is 3. The molecule has 4 aromatic rings. The van der Waals surface area contributed by atoms with Gasteiger partial charge in [0.25, 0.3) is 5.78 Å². The van der Waals surface area contributed by atoms with Crippen LogP contribution in [0, 0.1) is 0 Å². The second-order valence-corrected chi connectivity index (χ2v) is 6.41. The summed E-state index contributed by atoms with van der Waals surface area (Å²) in [6, 6.07) is 10.3. The molecule has 0 unspecified atom stereocenters. The summed E-state index contributed by atoms with van der Waals surface area (Å²) in [4.78, 5) is 23.4. The van der Waals surface area contributed by atoms with E-state index in [-0.39, 0.29) is 11.0 Å². The summed E-state index contributed by atoms with van der Waals surface area (Å²) in [5.74, 6) is -3.45. The highest BCUT2D eigenvalue weighted by atomic mass is 32.1. The van der Waals surface area contributed by atoms with E-state index in [4.69, 9.17) is 4.42 Å². The zero-order valence-electron chi connectivity index (χ0n) is 12.2.